The zero-order valence-electron chi connectivity index (χ0n) is 20.3. The van der Waals surface area contributed by atoms with Crippen LogP contribution in [0.25, 0.3) is 11.2 Å². The molecule has 0 N–H and O–H groups in total. The normalized spacial score (nSPS) is 12.0. The summed E-state index contributed by atoms with van der Waals surface area (Å²) in [6.45, 7) is 12.6. The molecule has 34 heavy (non-hydrogen) atoms. The number of amides is 2. The molecule has 0 atom stereocenters. The fourth-order valence-corrected chi connectivity index (χ4v) is 3.69. The molecule has 3 rings (SSSR count). The number of rotatable bonds is 3. The van der Waals surface area contributed by atoms with E-state index in [0.29, 0.717) is 16.2 Å². The van der Waals surface area contributed by atoms with E-state index in [1.807, 2.05) is 23.6 Å². The summed E-state index contributed by atoms with van der Waals surface area (Å²) >= 11 is 10.0. The lowest BCUT2D eigenvalue weighted by Gasteiger charge is -2.28. The van der Waals surface area contributed by atoms with E-state index in [2.05, 4.69) is 25.9 Å². The highest BCUT2D eigenvalue weighted by atomic mass is 79.9. The molecule has 182 valence electrons. The number of anilines is 1. The fraction of sp³-hybridized carbons (Fsp3) is 0.417. The van der Waals surface area contributed by atoms with Gasteiger partial charge in [-0.3, -0.25) is 0 Å². The van der Waals surface area contributed by atoms with Gasteiger partial charge < -0.3 is 14.0 Å². The van der Waals surface area contributed by atoms with E-state index < -0.39 is 23.4 Å². The number of benzene rings is 1. The number of halogens is 2. The minimum atomic E-state index is -0.851. The Bertz CT molecular complexity index is 1220. The van der Waals surface area contributed by atoms with E-state index in [1.54, 1.807) is 59.7 Å². The Morgan fingerprint density at radius 3 is 2.12 bits per heavy atom. The highest BCUT2D eigenvalue weighted by Gasteiger charge is 2.33. The number of aromatic nitrogens is 3. The molecular weight excluding hydrogens is 524 g/mol. The van der Waals surface area contributed by atoms with Crippen molar-refractivity contribution in [2.24, 2.45) is 0 Å². The molecule has 10 heteroatoms. The topological polar surface area (TPSA) is 86.5 Å². The van der Waals surface area contributed by atoms with Gasteiger partial charge in [0, 0.05) is 5.02 Å². The maximum absolute atomic E-state index is 12.9. The second kappa shape index (κ2) is 9.54. The second-order valence-electron chi connectivity index (χ2n) is 9.79. The Hall–Kier alpha value is -2.65. The molecular formula is C24H28BrClN4O4. The predicted octanol–water partition coefficient (Wildman–Crippen LogP) is 6.88. The zero-order chi connectivity index (χ0) is 25.4. The number of aryl methyl sites for hydroxylation is 1. The number of fused-ring (bicyclic) bond motifs is 1. The van der Waals surface area contributed by atoms with Crippen molar-refractivity contribution < 1.29 is 19.1 Å². The van der Waals surface area contributed by atoms with Crippen molar-refractivity contribution in [1.29, 1.82) is 0 Å². The van der Waals surface area contributed by atoms with Crippen LogP contribution in [0.4, 0.5) is 15.3 Å². The number of pyridine rings is 1. The van der Waals surface area contributed by atoms with Crippen molar-refractivity contribution in [3.8, 4) is 0 Å². The Kier molecular flexibility index (Phi) is 7.28. The lowest BCUT2D eigenvalue weighted by atomic mass is 10.2. The van der Waals surface area contributed by atoms with Crippen LogP contribution >= 0.6 is 27.5 Å². The first-order valence-electron chi connectivity index (χ1n) is 10.7. The standard InChI is InChI=1S/C24H28BrClN4O4/c1-14-27-18-10-11-19(25)28-20(18)29(14)13-15-8-9-16(12-17(15)26)30(21(31)33-23(2,3)4)22(32)34-24(5,6)7/h8-12H,13H2,1-7H3. The first kappa shape index (κ1) is 26.0. The number of carbonyl (C=O) groups excluding carboxylic acids is 2. The Morgan fingerprint density at radius 2 is 1.59 bits per heavy atom. The van der Waals surface area contributed by atoms with Crippen LogP contribution in [-0.4, -0.2) is 37.9 Å². The summed E-state index contributed by atoms with van der Waals surface area (Å²) in [6.07, 6.45) is -1.70. The van der Waals surface area contributed by atoms with Gasteiger partial charge in [-0.1, -0.05) is 17.7 Å². The van der Waals surface area contributed by atoms with Crippen LogP contribution in [0.2, 0.25) is 5.02 Å². The Balaban J connectivity index is 1.97. The van der Waals surface area contributed by atoms with E-state index in [1.165, 1.54) is 0 Å². The maximum Gasteiger partial charge on any atom is 0.424 e. The van der Waals surface area contributed by atoms with Crippen molar-refractivity contribution in [2.75, 3.05) is 4.90 Å². The Labute approximate surface area is 212 Å². The number of carbonyl (C=O) groups is 2. The van der Waals surface area contributed by atoms with Gasteiger partial charge in [0.1, 0.15) is 27.1 Å². The molecule has 0 aliphatic rings. The van der Waals surface area contributed by atoms with Gasteiger partial charge in [-0.2, -0.15) is 4.90 Å². The molecule has 0 aliphatic carbocycles. The van der Waals surface area contributed by atoms with E-state index in [-0.39, 0.29) is 5.69 Å². The number of ether oxygens (including phenoxy) is 2. The second-order valence-corrected chi connectivity index (χ2v) is 11.0. The maximum atomic E-state index is 12.9. The molecule has 2 aromatic heterocycles. The predicted molar refractivity (Wildman–Crippen MR) is 135 cm³/mol. The quantitative estimate of drug-likeness (QED) is 0.330. The molecule has 8 nitrogen and oxygen atoms in total. The first-order chi connectivity index (χ1) is 15.6. The van der Waals surface area contributed by atoms with Gasteiger partial charge in [-0.15, -0.1) is 0 Å². The fourth-order valence-electron chi connectivity index (χ4n) is 3.16. The summed E-state index contributed by atoms with van der Waals surface area (Å²) in [7, 11) is 0. The molecule has 0 saturated carbocycles. The molecule has 0 saturated heterocycles. The van der Waals surface area contributed by atoms with Gasteiger partial charge in [0.2, 0.25) is 0 Å². The van der Waals surface area contributed by atoms with Crippen LogP contribution in [0.3, 0.4) is 0 Å². The molecule has 0 radical (unpaired) electrons. The number of imide groups is 1. The summed E-state index contributed by atoms with van der Waals surface area (Å²) in [5.74, 6) is 0.782. The third kappa shape index (κ3) is 6.27. The molecule has 0 spiro atoms. The molecule has 3 aromatic rings. The summed E-state index contributed by atoms with van der Waals surface area (Å²) in [6, 6.07) is 8.65. The molecule has 1 aromatic carbocycles. The summed E-state index contributed by atoms with van der Waals surface area (Å²) in [5.41, 5.74) is 0.893. The minimum Gasteiger partial charge on any atom is -0.443 e. The molecule has 0 bridgehead atoms. The first-order valence-corrected chi connectivity index (χ1v) is 11.9. The van der Waals surface area contributed by atoms with E-state index in [0.717, 1.165) is 27.5 Å². The van der Waals surface area contributed by atoms with Crippen molar-refractivity contribution in [3.63, 3.8) is 0 Å². The van der Waals surface area contributed by atoms with Crippen molar-refractivity contribution in [2.45, 2.75) is 66.2 Å². The summed E-state index contributed by atoms with van der Waals surface area (Å²) in [5, 5.41) is 0.367. The highest BCUT2D eigenvalue weighted by Crippen LogP contribution is 2.29. The smallest absolute Gasteiger partial charge is 0.424 e. The van der Waals surface area contributed by atoms with Gasteiger partial charge >= 0.3 is 12.2 Å². The number of nitrogens with zero attached hydrogens (tertiary/aromatic N) is 4. The van der Waals surface area contributed by atoms with Crippen LogP contribution < -0.4 is 4.90 Å². The van der Waals surface area contributed by atoms with Crippen molar-refractivity contribution in [1.82, 2.24) is 14.5 Å². The third-order valence-electron chi connectivity index (χ3n) is 4.52. The summed E-state index contributed by atoms with van der Waals surface area (Å²) in [4.78, 5) is 35.7. The van der Waals surface area contributed by atoms with Crippen LogP contribution in [0.1, 0.15) is 52.9 Å². The van der Waals surface area contributed by atoms with Crippen molar-refractivity contribution in [3.05, 3.63) is 51.3 Å². The molecule has 0 fully saturated rings. The zero-order valence-corrected chi connectivity index (χ0v) is 22.6. The molecule has 2 amide bonds. The van der Waals surface area contributed by atoms with Crippen LogP contribution in [0, 0.1) is 6.92 Å². The summed E-state index contributed by atoms with van der Waals surface area (Å²) < 4.78 is 13.5. The van der Waals surface area contributed by atoms with Crippen LogP contribution in [0.5, 0.6) is 0 Å². The van der Waals surface area contributed by atoms with Crippen molar-refractivity contribution >= 4 is 56.6 Å². The average molecular weight is 552 g/mol. The number of hydrogen-bond donors (Lipinski definition) is 0. The SMILES string of the molecule is Cc1nc2ccc(Br)nc2n1Cc1ccc(N(C(=O)OC(C)(C)C)C(=O)OC(C)(C)C)cc1Cl. The average Bonchev–Trinajstić information content (AvgIpc) is 2.95. The molecule has 0 unspecified atom stereocenters. The van der Waals surface area contributed by atoms with Crippen LogP contribution in [0.15, 0.2) is 34.9 Å². The van der Waals surface area contributed by atoms with Gasteiger partial charge in [0.25, 0.3) is 0 Å². The minimum absolute atomic E-state index is 0.241. The van der Waals surface area contributed by atoms with Crippen LogP contribution in [-0.2, 0) is 16.0 Å². The lowest BCUT2D eigenvalue weighted by molar-refractivity contribution is 0.0431. The Morgan fingerprint density at radius 1 is 1.00 bits per heavy atom. The number of hydrogen-bond acceptors (Lipinski definition) is 6. The van der Waals surface area contributed by atoms with E-state index in [9.17, 15) is 9.59 Å². The molecule has 2 heterocycles. The van der Waals surface area contributed by atoms with E-state index >= 15 is 0 Å². The molecule has 0 aliphatic heterocycles. The van der Waals surface area contributed by atoms with Gasteiger partial charge in [0.15, 0.2) is 5.65 Å². The van der Waals surface area contributed by atoms with Gasteiger partial charge in [-0.25, -0.2) is 19.6 Å². The van der Waals surface area contributed by atoms with E-state index in [4.69, 9.17) is 21.1 Å². The lowest BCUT2D eigenvalue weighted by Crippen LogP contribution is -2.43. The number of imidazole rings is 1. The van der Waals surface area contributed by atoms with Gasteiger partial charge in [0.05, 0.1) is 12.2 Å². The largest absolute Gasteiger partial charge is 0.443 e. The highest BCUT2D eigenvalue weighted by molar-refractivity contribution is 9.10. The monoisotopic (exact) mass is 550 g/mol. The van der Waals surface area contributed by atoms with Gasteiger partial charge in [-0.05, 0) is 94.2 Å². The third-order valence-corrected chi connectivity index (χ3v) is 5.32.